The van der Waals surface area contributed by atoms with Crippen molar-refractivity contribution >= 4 is 0 Å². The summed E-state index contributed by atoms with van der Waals surface area (Å²) in [7, 11) is 0. The second kappa shape index (κ2) is 1.73. The van der Waals surface area contributed by atoms with Gasteiger partial charge in [-0.25, -0.2) is 0 Å². The lowest BCUT2D eigenvalue weighted by Crippen LogP contribution is -2.32. The minimum atomic E-state index is 0.531. The molecule has 1 nitrogen and oxygen atoms in total. The lowest BCUT2D eigenvalue weighted by Gasteiger charge is -2.32. The van der Waals surface area contributed by atoms with Crippen LogP contribution in [-0.4, -0.2) is 13.2 Å². The van der Waals surface area contributed by atoms with E-state index in [0.717, 1.165) is 36.9 Å². The third kappa shape index (κ3) is 0.417. The molecule has 0 radical (unpaired) electrons. The summed E-state index contributed by atoms with van der Waals surface area (Å²) >= 11 is 0. The molecule has 0 amide bonds. The Hall–Kier alpha value is -0.300. The molecular formula is C13H16O. The zero-order valence-corrected chi connectivity index (χ0v) is 8.41. The molecule has 6 atom stereocenters. The molecule has 0 bridgehead atoms. The molecule has 0 aromatic heterocycles. The number of hydrogen-bond donors (Lipinski definition) is 0. The molecule has 1 aliphatic heterocycles. The van der Waals surface area contributed by atoms with Gasteiger partial charge in [0, 0.05) is 10.8 Å². The largest absolute Gasteiger partial charge is 0.380 e. The summed E-state index contributed by atoms with van der Waals surface area (Å²) < 4.78 is 5.84. The van der Waals surface area contributed by atoms with E-state index >= 15 is 0 Å². The smallest absolute Gasteiger partial charge is 0.0566 e. The van der Waals surface area contributed by atoms with Crippen molar-refractivity contribution in [1.82, 2.24) is 0 Å². The molecule has 14 heavy (non-hydrogen) atoms. The third-order valence-electron chi connectivity index (χ3n) is 6.31. The highest BCUT2D eigenvalue weighted by atomic mass is 16.5. The summed E-state index contributed by atoms with van der Waals surface area (Å²) in [5.74, 6) is 4.07. The molecule has 1 spiro atoms. The first kappa shape index (κ1) is 7.05. The van der Waals surface area contributed by atoms with Crippen LogP contribution in [0.5, 0.6) is 0 Å². The number of hydrogen-bond acceptors (Lipinski definition) is 1. The highest BCUT2D eigenvalue weighted by molar-refractivity contribution is 5.43. The number of rotatable bonds is 0. The second-order valence-electron chi connectivity index (χ2n) is 6.19. The quantitative estimate of drug-likeness (QED) is 0.530. The molecule has 3 saturated carbocycles. The summed E-state index contributed by atoms with van der Waals surface area (Å²) in [4.78, 5) is 0. The van der Waals surface area contributed by atoms with Gasteiger partial charge in [0.1, 0.15) is 0 Å². The Labute approximate surface area is 84.5 Å². The van der Waals surface area contributed by atoms with Gasteiger partial charge in [-0.3, -0.25) is 0 Å². The normalized spacial score (nSPS) is 70.9. The maximum absolute atomic E-state index is 5.84. The number of fused-ring (bicyclic) bond motifs is 3. The summed E-state index contributed by atoms with van der Waals surface area (Å²) in [5.41, 5.74) is 1.17. The Balaban J connectivity index is 1.79. The van der Waals surface area contributed by atoms with Gasteiger partial charge in [0.15, 0.2) is 0 Å². The summed E-state index contributed by atoms with van der Waals surface area (Å²) in [5, 5.41) is 0. The van der Waals surface area contributed by atoms with E-state index in [1.807, 2.05) is 0 Å². The van der Waals surface area contributed by atoms with Crippen molar-refractivity contribution in [3.8, 4) is 0 Å². The first-order valence-corrected chi connectivity index (χ1v) is 6.17. The molecule has 1 saturated heterocycles. The van der Waals surface area contributed by atoms with Crippen LogP contribution in [0, 0.1) is 34.5 Å². The molecule has 1 heteroatoms. The third-order valence-corrected chi connectivity index (χ3v) is 6.31. The van der Waals surface area contributed by atoms with Crippen molar-refractivity contribution in [2.75, 3.05) is 13.2 Å². The predicted molar refractivity (Wildman–Crippen MR) is 52.6 cm³/mol. The van der Waals surface area contributed by atoms with Crippen LogP contribution in [0.3, 0.4) is 0 Å². The standard InChI is InChI=1S/C13H16O/c1-2-8-9(3-1)12-5-4-10-11(8)13(10,12)7-14-6-12/h4-5,8-11H,1-3,6-7H2. The number of allylic oxidation sites excluding steroid dienone is 1. The summed E-state index contributed by atoms with van der Waals surface area (Å²) in [6, 6.07) is 0. The van der Waals surface area contributed by atoms with Gasteiger partial charge in [-0.15, -0.1) is 0 Å². The maximum atomic E-state index is 5.84. The lowest BCUT2D eigenvalue weighted by atomic mass is 9.70. The van der Waals surface area contributed by atoms with Crippen LogP contribution < -0.4 is 0 Å². The van der Waals surface area contributed by atoms with Crippen LogP contribution in [-0.2, 0) is 4.74 Å². The minimum Gasteiger partial charge on any atom is -0.380 e. The van der Waals surface area contributed by atoms with Crippen molar-refractivity contribution in [3.05, 3.63) is 12.2 Å². The maximum Gasteiger partial charge on any atom is 0.0566 e. The van der Waals surface area contributed by atoms with Crippen LogP contribution in [0.15, 0.2) is 12.2 Å². The molecule has 4 aliphatic carbocycles. The topological polar surface area (TPSA) is 9.23 Å². The Kier molecular flexibility index (Phi) is 0.872. The number of ether oxygens (including phenoxy) is 1. The fourth-order valence-electron chi connectivity index (χ4n) is 6.02. The highest BCUT2D eigenvalue weighted by Crippen LogP contribution is 2.87. The molecule has 5 aliphatic rings. The van der Waals surface area contributed by atoms with E-state index in [-0.39, 0.29) is 0 Å². The molecule has 0 N–H and O–H groups in total. The highest BCUT2D eigenvalue weighted by Gasteiger charge is 2.86. The van der Waals surface area contributed by atoms with E-state index in [0.29, 0.717) is 10.8 Å². The lowest BCUT2D eigenvalue weighted by molar-refractivity contribution is 0.128. The molecule has 4 fully saturated rings. The van der Waals surface area contributed by atoms with Crippen molar-refractivity contribution in [2.45, 2.75) is 19.3 Å². The van der Waals surface area contributed by atoms with Gasteiger partial charge in [-0.2, -0.15) is 0 Å². The van der Waals surface area contributed by atoms with Gasteiger partial charge in [-0.1, -0.05) is 18.6 Å². The van der Waals surface area contributed by atoms with Gasteiger partial charge in [0.05, 0.1) is 13.2 Å². The molecule has 74 valence electrons. The van der Waals surface area contributed by atoms with Gasteiger partial charge >= 0.3 is 0 Å². The van der Waals surface area contributed by atoms with E-state index < -0.39 is 0 Å². The van der Waals surface area contributed by atoms with E-state index in [1.54, 1.807) is 0 Å². The van der Waals surface area contributed by atoms with Crippen LogP contribution >= 0.6 is 0 Å². The molecular weight excluding hydrogens is 172 g/mol. The fraction of sp³-hybridized carbons (Fsp3) is 0.846. The van der Waals surface area contributed by atoms with E-state index in [9.17, 15) is 0 Å². The monoisotopic (exact) mass is 188 g/mol. The summed E-state index contributed by atoms with van der Waals surface area (Å²) in [6.07, 6.45) is 9.62. The molecule has 1 heterocycles. The average molecular weight is 188 g/mol. The van der Waals surface area contributed by atoms with Crippen molar-refractivity contribution in [3.63, 3.8) is 0 Å². The van der Waals surface area contributed by atoms with E-state index in [1.165, 1.54) is 19.3 Å². The SMILES string of the molecule is C1=CC23COCC24C1C4C1CCCC13. The van der Waals surface area contributed by atoms with Crippen LogP contribution in [0.2, 0.25) is 0 Å². The van der Waals surface area contributed by atoms with Gasteiger partial charge in [-0.05, 0) is 36.5 Å². The van der Waals surface area contributed by atoms with E-state index in [4.69, 9.17) is 4.74 Å². The van der Waals surface area contributed by atoms with Crippen molar-refractivity contribution in [1.29, 1.82) is 0 Å². The van der Waals surface area contributed by atoms with Gasteiger partial charge in [0.2, 0.25) is 0 Å². The van der Waals surface area contributed by atoms with Gasteiger partial charge < -0.3 is 4.74 Å². The van der Waals surface area contributed by atoms with Crippen LogP contribution in [0.4, 0.5) is 0 Å². The average Bonchev–Trinajstić information content (AvgIpc) is 2.64. The first-order valence-electron chi connectivity index (χ1n) is 6.17. The Morgan fingerprint density at radius 3 is 3.21 bits per heavy atom. The fourth-order valence-corrected chi connectivity index (χ4v) is 6.02. The Morgan fingerprint density at radius 1 is 1.21 bits per heavy atom. The predicted octanol–water partition coefficient (Wildman–Crippen LogP) is 2.24. The molecule has 6 unspecified atom stereocenters. The first-order chi connectivity index (χ1) is 6.90. The Bertz CT molecular complexity index is 360. The van der Waals surface area contributed by atoms with Crippen molar-refractivity contribution < 1.29 is 4.74 Å². The molecule has 0 aromatic rings. The van der Waals surface area contributed by atoms with E-state index in [2.05, 4.69) is 12.2 Å². The van der Waals surface area contributed by atoms with Crippen molar-refractivity contribution in [2.24, 2.45) is 34.5 Å². The zero-order chi connectivity index (χ0) is 8.97. The van der Waals surface area contributed by atoms with Gasteiger partial charge in [0.25, 0.3) is 0 Å². The molecule has 5 rings (SSSR count). The van der Waals surface area contributed by atoms with Crippen LogP contribution in [0.25, 0.3) is 0 Å². The molecule has 0 aromatic carbocycles. The zero-order valence-electron chi connectivity index (χ0n) is 8.41. The second-order valence-corrected chi connectivity index (χ2v) is 6.19. The van der Waals surface area contributed by atoms with Crippen LogP contribution in [0.1, 0.15) is 19.3 Å². The minimum absolute atomic E-state index is 0.531. The summed E-state index contributed by atoms with van der Waals surface area (Å²) in [6.45, 7) is 2.14. The Morgan fingerprint density at radius 2 is 2.21 bits per heavy atom.